The van der Waals surface area contributed by atoms with Crippen LogP contribution in [-0.4, -0.2) is 72.1 Å². The van der Waals surface area contributed by atoms with E-state index in [1.54, 1.807) is 18.5 Å². The summed E-state index contributed by atoms with van der Waals surface area (Å²) >= 11 is 0.859. The molecule has 2 aromatic rings. The second-order valence-corrected chi connectivity index (χ2v) is 11.6. The van der Waals surface area contributed by atoms with Gasteiger partial charge in [0.2, 0.25) is 5.91 Å². The maximum atomic E-state index is 12.9. The Morgan fingerprint density at radius 2 is 1.72 bits per heavy atom. The number of nitrogens with one attached hydrogen (secondary N) is 1. The predicted octanol–water partition coefficient (Wildman–Crippen LogP) is 0.229. The summed E-state index contributed by atoms with van der Waals surface area (Å²) in [5.74, 6) is 0.228. The largest absolute Gasteiger partial charge is 0.337 e. The molecule has 1 aliphatic heterocycles. The van der Waals surface area contributed by atoms with Crippen LogP contribution in [0.2, 0.25) is 0 Å². The number of thiazole rings is 1. The van der Waals surface area contributed by atoms with Crippen molar-refractivity contribution in [1.29, 1.82) is 0 Å². The summed E-state index contributed by atoms with van der Waals surface area (Å²) < 4.78 is 55.7. The van der Waals surface area contributed by atoms with Crippen molar-refractivity contribution in [3.05, 3.63) is 18.2 Å². The van der Waals surface area contributed by atoms with E-state index in [2.05, 4.69) is 15.3 Å². The Morgan fingerprint density at radius 3 is 2.28 bits per heavy atom. The maximum absolute atomic E-state index is 12.9. The molecule has 1 saturated heterocycles. The van der Waals surface area contributed by atoms with Crippen molar-refractivity contribution in [3.8, 4) is 0 Å². The highest BCUT2D eigenvalue weighted by atomic mass is 32.2. The molecule has 160 valence electrons. The van der Waals surface area contributed by atoms with E-state index in [-0.39, 0.29) is 46.5 Å². The minimum absolute atomic E-state index is 0.00194. The molecular formula is C15H22N6O5S3. The minimum Gasteiger partial charge on any atom is -0.337 e. The fourth-order valence-corrected chi connectivity index (χ4v) is 7.04. The molecule has 3 rings (SSSR count). The molecule has 0 spiro atoms. The van der Waals surface area contributed by atoms with Gasteiger partial charge in [0, 0.05) is 46.3 Å². The number of aromatic nitrogens is 3. The lowest BCUT2D eigenvalue weighted by Crippen LogP contribution is -2.37. The summed E-state index contributed by atoms with van der Waals surface area (Å²) in [5, 5.41) is 2.60. The summed E-state index contributed by atoms with van der Waals surface area (Å²) in [6.07, 6.45) is 2.99. The normalized spacial score (nSPS) is 17.2. The molecule has 0 aliphatic carbocycles. The van der Waals surface area contributed by atoms with E-state index in [1.807, 2.05) is 0 Å². The first-order valence-electron chi connectivity index (χ1n) is 8.75. The molecule has 2 aromatic heterocycles. The second-order valence-electron chi connectivity index (χ2n) is 6.56. The first-order valence-corrected chi connectivity index (χ1v) is 12.4. The van der Waals surface area contributed by atoms with Crippen LogP contribution in [0, 0.1) is 6.92 Å². The van der Waals surface area contributed by atoms with E-state index >= 15 is 0 Å². The van der Waals surface area contributed by atoms with E-state index in [1.165, 1.54) is 27.9 Å². The van der Waals surface area contributed by atoms with E-state index in [0.29, 0.717) is 12.2 Å². The Balaban J connectivity index is 1.76. The van der Waals surface area contributed by atoms with Gasteiger partial charge >= 0.3 is 0 Å². The average molecular weight is 463 g/mol. The predicted molar refractivity (Wildman–Crippen MR) is 106 cm³/mol. The molecule has 0 unspecified atom stereocenters. The highest BCUT2D eigenvalue weighted by Gasteiger charge is 2.33. The Morgan fingerprint density at radius 1 is 1.10 bits per heavy atom. The molecule has 3 heterocycles. The van der Waals surface area contributed by atoms with E-state index < -0.39 is 20.0 Å². The van der Waals surface area contributed by atoms with Gasteiger partial charge in [0.05, 0.1) is 6.20 Å². The van der Waals surface area contributed by atoms with Gasteiger partial charge in [-0.05, 0) is 13.3 Å². The summed E-state index contributed by atoms with van der Waals surface area (Å²) in [6, 6.07) is 0. The third-order valence-electron chi connectivity index (χ3n) is 4.47. The van der Waals surface area contributed by atoms with Crippen LogP contribution in [-0.2, 0) is 31.9 Å². The summed E-state index contributed by atoms with van der Waals surface area (Å²) in [6.45, 7) is 3.44. The minimum atomic E-state index is -3.84. The van der Waals surface area contributed by atoms with E-state index in [9.17, 15) is 21.6 Å². The van der Waals surface area contributed by atoms with Crippen LogP contribution in [0.3, 0.4) is 0 Å². The molecular weight excluding hydrogens is 440 g/mol. The Bertz CT molecular complexity index is 1100. The molecule has 0 radical (unpaired) electrons. The molecule has 0 bridgehead atoms. The van der Waals surface area contributed by atoms with Gasteiger partial charge in [-0.1, -0.05) is 11.3 Å². The smallest absolute Gasteiger partial charge is 0.262 e. The molecule has 11 nitrogen and oxygen atoms in total. The van der Waals surface area contributed by atoms with Crippen molar-refractivity contribution in [2.24, 2.45) is 7.05 Å². The number of carbonyl (C=O) groups is 1. The number of rotatable bonds is 5. The van der Waals surface area contributed by atoms with Crippen molar-refractivity contribution < 1.29 is 21.6 Å². The van der Waals surface area contributed by atoms with Gasteiger partial charge in [-0.25, -0.2) is 26.8 Å². The molecule has 1 aliphatic rings. The number of hydrogen-bond acceptors (Lipinski definition) is 8. The maximum Gasteiger partial charge on any atom is 0.262 e. The highest BCUT2D eigenvalue weighted by molar-refractivity contribution is 7.91. The lowest BCUT2D eigenvalue weighted by Gasteiger charge is -2.20. The number of imidazole rings is 1. The third kappa shape index (κ3) is 4.50. The molecule has 0 atom stereocenters. The van der Waals surface area contributed by atoms with E-state index in [4.69, 9.17) is 0 Å². The van der Waals surface area contributed by atoms with Crippen molar-refractivity contribution in [2.75, 3.05) is 31.5 Å². The molecule has 14 heteroatoms. The number of carbonyl (C=O) groups excluding carboxylic acids is 1. The van der Waals surface area contributed by atoms with Gasteiger partial charge in [-0.15, -0.1) is 0 Å². The molecule has 0 aromatic carbocycles. The zero-order valence-corrected chi connectivity index (χ0v) is 18.6. The summed E-state index contributed by atoms with van der Waals surface area (Å²) in [7, 11) is -5.94. The number of aryl methyl sites for hydroxylation is 2. The van der Waals surface area contributed by atoms with E-state index in [0.717, 1.165) is 11.3 Å². The fourth-order valence-electron chi connectivity index (χ4n) is 2.85. The van der Waals surface area contributed by atoms with Gasteiger partial charge in [0.15, 0.2) is 14.4 Å². The number of nitrogens with zero attached hydrogens (tertiary/aromatic N) is 5. The van der Waals surface area contributed by atoms with Crippen LogP contribution in [0.25, 0.3) is 0 Å². The zero-order chi connectivity index (χ0) is 21.4. The number of hydrogen-bond donors (Lipinski definition) is 1. The number of amides is 1. The van der Waals surface area contributed by atoms with Crippen LogP contribution in [0.4, 0.5) is 5.13 Å². The lowest BCUT2D eigenvalue weighted by atomic mass is 10.4. The molecule has 29 heavy (non-hydrogen) atoms. The highest BCUT2D eigenvalue weighted by Crippen LogP contribution is 2.27. The van der Waals surface area contributed by atoms with Crippen molar-refractivity contribution in [3.63, 3.8) is 0 Å². The Kier molecular flexibility index (Phi) is 6.10. The lowest BCUT2D eigenvalue weighted by molar-refractivity contribution is -0.114. The van der Waals surface area contributed by atoms with Crippen molar-refractivity contribution >= 4 is 42.4 Å². The molecule has 0 saturated carbocycles. The molecule has 1 amide bonds. The standard InChI is InChI=1S/C15H22N6O5S3/c1-11-17-13(10-19(11)3)28(23,24)20-5-4-6-21(8-7-20)29(25,26)14-9-16-15(27-14)18-12(2)22/h9-10H,4-8H2,1-3H3,(H,16,18,22). The quantitative estimate of drug-likeness (QED) is 0.672. The van der Waals surface area contributed by atoms with Gasteiger partial charge in [-0.2, -0.15) is 8.61 Å². The van der Waals surface area contributed by atoms with Gasteiger partial charge < -0.3 is 9.88 Å². The van der Waals surface area contributed by atoms with Crippen LogP contribution < -0.4 is 5.32 Å². The number of anilines is 1. The monoisotopic (exact) mass is 462 g/mol. The SMILES string of the molecule is CC(=O)Nc1ncc(S(=O)(=O)N2CCCN(S(=O)(=O)c3cn(C)c(C)n3)CC2)s1. The van der Waals surface area contributed by atoms with Crippen LogP contribution >= 0.6 is 11.3 Å². The van der Waals surface area contributed by atoms with Crippen LogP contribution in [0.5, 0.6) is 0 Å². The van der Waals surface area contributed by atoms with Gasteiger partial charge in [0.25, 0.3) is 20.0 Å². The zero-order valence-electron chi connectivity index (χ0n) is 16.2. The first kappa shape index (κ1) is 21.8. The molecule has 1 fully saturated rings. The third-order valence-corrected chi connectivity index (χ3v) is 9.48. The Hall–Kier alpha value is -1.87. The van der Waals surface area contributed by atoms with Gasteiger partial charge in [0.1, 0.15) is 5.82 Å². The fraction of sp³-hybridized carbons (Fsp3) is 0.533. The van der Waals surface area contributed by atoms with Crippen LogP contribution in [0.15, 0.2) is 21.6 Å². The van der Waals surface area contributed by atoms with Crippen molar-refractivity contribution in [1.82, 2.24) is 23.1 Å². The van der Waals surface area contributed by atoms with Gasteiger partial charge in [-0.3, -0.25) is 4.79 Å². The van der Waals surface area contributed by atoms with Crippen LogP contribution in [0.1, 0.15) is 19.2 Å². The topological polar surface area (TPSA) is 135 Å². The Labute approximate surface area is 173 Å². The average Bonchev–Trinajstić information content (AvgIpc) is 3.12. The second kappa shape index (κ2) is 8.10. The summed E-state index contributed by atoms with van der Waals surface area (Å²) in [5.41, 5.74) is 0. The van der Waals surface area contributed by atoms with Crippen molar-refractivity contribution in [2.45, 2.75) is 29.5 Å². The molecule has 1 N–H and O–H groups in total. The summed E-state index contributed by atoms with van der Waals surface area (Å²) in [4.78, 5) is 19.1. The first-order chi connectivity index (χ1) is 13.5. The number of sulfonamides is 2.